The molecule has 0 bridgehead atoms. The number of phenolic OH excluding ortho intramolecular Hbond substituents is 1. The highest BCUT2D eigenvalue weighted by Gasteiger charge is 2.28. The Morgan fingerprint density at radius 3 is 3.00 bits per heavy atom. The number of rotatable bonds is 3. The van der Waals surface area contributed by atoms with Crippen LogP contribution in [-0.4, -0.2) is 22.8 Å². The van der Waals surface area contributed by atoms with Crippen LogP contribution in [0.5, 0.6) is 5.75 Å². The van der Waals surface area contributed by atoms with Crippen LogP contribution in [0.25, 0.3) is 0 Å². The average Bonchev–Trinajstić information content (AvgIpc) is 2.76. The Kier molecular flexibility index (Phi) is 3.31. The first-order chi connectivity index (χ1) is 8.15. The number of hydrogen-bond donors (Lipinski definition) is 2. The van der Waals surface area contributed by atoms with Crippen molar-refractivity contribution in [3.63, 3.8) is 0 Å². The van der Waals surface area contributed by atoms with E-state index in [0.29, 0.717) is 12.2 Å². The third-order valence-corrected chi connectivity index (χ3v) is 2.72. The van der Waals surface area contributed by atoms with Crippen molar-refractivity contribution in [1.29, 1.82) is 0 Å². The fraction of sp³-hybridized carbons (Fsp3) is 0.417. The maximum absolute atomic E-state index is 11.5. The summed E-state index contributed by atoms with van der Waals surface area (Å²) in [5.74, 6) is -0.877. The molecule has 0 saturated carbocycles. The summed E-state index contributed by atoms with van der Waals surface area (Å²) in [6, 6.07) is 3.17. The lowest BCUT2D eigenvalue weighted by atomic mass is 9.98. The van der Waals surface area contributed by atoms with Gasteiger partial charge in [0, 0.05) is 5.56 Å². The molecule has 0 aromatic heterocycles. The summed E-state index contributed by atoms with van der Waals surface area (Å²) in [5.41, 5.74) is 1.74. The zero-order valence-corrected chi connectivity index (χ0v) is 9.47. The first-order valence-electron chi connectivity index (χ1n) is 5.41. The molecule has 0 amide bonds. The summed E-state index contributed by atoms with van der Waals surface area (Å²) in [6.45, 7) is 2.55. The molecule has 92 valence electrons. The van der Waals surface area contributed by atoms with E-state index >= 15 is 0 Å². The van der Waals surface area contributed by atoms with Crippen LogP contribution in [-0.2, 0) is 27.5 Å². The van der Waals surface area contributed by atoms with Crippen molar-refractivity contribution in [3.05, 3.63) is 28.8 Å². The van der Waals surface area contributed by atoms with E-state index in [2.05, 4.69) is 0 Å². The molecule has 1 aromatic rings. The highest BCUT2D eigenvalue weighted by Crippen LogP contribution is 2.34. The third-order valence-electron chi connectivity index (χ3n) is 2.72. The average molecular weight is 238 g/mol. The lowest BCUT2D eigenvalue weighted by molar-refractivity contribution is -0.153. The number of aromatic hydroxyl groups is 1. The van der Waals surface area contributed by atoms with Gasteiger partial charge in [0.25, 0.3) is 0 Å². The standard InChI is InChI=1S/C12H14O5/c1-2-17-12(15)11(14)10-8-6-16-5-7(8)3-4-9(10)13/h3-4,11,13-14H,2,5-6H2,1H3. The minimum Gasteiger partial charge on any atom is -0.508 e. The predicted octanol–water partition coefficient (Wildman–Crippen LogP) is 1.02. The Hall–Kier alpha value is -1.59. The van der Waals surface area contributed by atoms with Gasteiger partial charge in [-0.2, -0.15) is 0 Å². The second kappa shape index (κ2) is 4.73. The molecule has 0 spiro atoms. The molecule has 0 radical (unpaired) electrons. The van der Waals surface area contributed by atoms with Gasteiger partial charge >= 0.3 is 5.97 Å². The molecule has 1 aliphatic heterocycles. The lowest BCUT2D eigenvalue weighted by Gasteiger charge is -2.14. The van der Waals surface area contributed by atoms with Crippen molar-refractivity contribution in [1.82, 2.24) is 0 Å². The van der Waals surface area contributed by atoms with E-state index in [4.69, 9.17) is 9.47 Å². The SMILES string of the molecule is CCOC(=O)C(O)c1c(O)ccc2c1COC2. The van der Waals surface area contributed by atoms with E-state index in [1.165, 1.54) is 6.07 Å². The fourth-order valence-corrected chi connectivity index (χ4v) is 1.91. The van der Waals surface area contributed by atoms with Crippen molar-refractivity contribution in [2.24, 2.45) is 0 Å². The monoisotopic (exact) mass is 238 g/mol. The van der Waals surface area contributed by atoms with E-state index in [9.17, 15) is 15.0 Å². The Bertz CT molecular complexity index is 441. The van der Waals surface area contributed by atoms with Crippen molar-refractivity contribution >= 4 is 5.97 Å². The normalized spacial score (nSPS) is 15.4. The van der Waals surface area contributed by atoms with Gasteiger partial charge in [-0.15, -0.1) is 0 Å². The zero-order chi connectivity index (χ0) is 12.4. The molecule has 1 aromatic carbocycles. The van der Waals surface area contributed by atoms with E-state index in [-0.39, 0.29) is 24.5 Å². The largest absolute Gasteiger partial charge is 0.508 e. The number of fused-ring (bicyclic) bond motifs is 1. The molecule has 17 heavy (non-hydrogen) atoms. The molecule has 0 aliphatic carbocycles. The quantitative estimate of drug-likeness (QED) is 0.769. The van der Waals surface area contributed by atoms with Crippen LogP contribution in [0.3, 0.4) is 0 Å². The summed E-state index contributed by atoms with van der Waals surface area (Å²) in [4.78, 5) is 11.5. The second-order valence-corrected chi connectivity index (χ2v) is 3.78. The summed E-state index contributed by atoms with van der Waals surface area (Å²) in [6.07, 6.45) is -1.47. The van der Waals surface area contributed by atoms with Gasteiger partial charge in [-0.05, 0) is 24.1 Å². The molecule has 5 heteroatoms. The molecular formula is C12H14O5. The van der Waals surface area contributed by atoms with E-state index in [1.54, 1.807) is 13.0 Å². The predicted molar refractivity (Wildman–Crippen MR) is 58.2 cm³/mol. The topological polar surface area (TPSA) is 76.0 Å². The van der Waals surface area contributed by atoms with Gasteiger partial charge in [0.2, 0.25) is 0 Å². The maximum Gasteiger partial charge on any atom is 0.339 e. The number of hydrogen-bond acceptors (Lipinski definition) is 5. The number of esters is 1. The van der Waals surface area contributed by atoms with Crippen molar-refractivity contribution in [3.8, 4) is 5.75 Å². The van der Waals surface area contributed by atoms with Crippen molar-refractivity contribution < 1.29 is 24.5 Å². The van der Waals surface area contributed by atoms with Gasteiger partial charge < -0.3 is 19.7 Å². The lowest BCUT2D eigenvalue weighted by Crippen LogP contribution is -2.17. The number of ether oxygens (including phenoxy) is 2. The highest BCUT2D eigenvalue weighted by atomic mass is 16.5. The van der Waals surface area contributed by atoms with E-state index in [1.807, 2.05) is 0 Å². The molecule has 1 aliphatic rings. The highest BCUT2D eigenvalue weighted by molar-refractivity contribution is 5.78. The smallest absolute Gasteiger partial charge is 0.339 e. The number of carbonyl (C=O) groups excluding carboxylic acids is 1. The zero-order valence-electron chi connectivity index (χ0n) is 9.47. The van der Waals surface area contributed by atoms with E-state index < -0.39 is 12.1 Å². The molecule has 2 N–H and O–H groups in total. The van der Waals surface area contributed by atoms with Crippen LogP contribution in [0.1, 0.15) is 29.7 Å². The molecule has 1 atom stereocenters. The first kappa shape index (κ1) is 11.9. The van der Waals surface area contributed by atoms with Crippen molar-refractivity contribution in [2.45, 2.75) is 26.2 Å². The fourth-order valence-electron chi connectivity index (χ4n) is 1.91. The number of aliphatic hydroxyl groups excluding tert-OH is 1. The van der Waals surface area contributed by atoms with Crippen LogP contribution < -0.4 is 0 Å². The Labute approximate surface area is 98.6 Å². The molecule has 0 saturated heterocycles. The molecule has 0 fully saturated rings. The Balaban J connectivity index is 2.38. The summed E-state index contributed by atoms with van der Waals surface area (Å²) in [7, 11) is 0. The number of phenols is 1. The Morgan fingerprint density at radius 1 is 1.53 bits per heavy atom. The summed E-state index contributed by atoms with van der Waals surface area (Å²) in [5, 5.41) is 19.6. The van der Waals surface area contributed by atoms with Crippen LogP contribution in [0.2, 0.25) is 0 Å². The second-order valence-electron chi connectivity index (χ2n) is 3.78. The minimum atomic E-state index is -1.47. The van der Waals surface area contributed by atoms with Gasteiger partial charge in [-0.3, -0.25) is 0 Å². The van der Waals surface area contributed by atoms with Crippen LogP contribution in [0, 0.1) is 0 Å². The van der Waals surface area contributed by atoms with Crippen molar-refractivity contribution in [2.75, 3.05) is 6.61 Å². The van der Waals surface area contributed by atoms with Gasteiger partial charge in [-0.1, -0.05) is 6.07 Å². The maximum atomic E-state index is 11.5. The summed E-state index contributed by atoms with van der Waals surface area (Å²) < 4.78 is 9.96. The van der Waals surface area contributed by atoms with Gasteiger partial charge in [0.1, 0.15) is 5.75 Å². The minimum absolute atomic E-state index is 0.116. The van der Waals surface area contributed by atoms with Gasteiger partial charge in [-0.25, -0.2) is 4.79 Å². The van der Waals surface area contributed by atoms with Crippen LogP contribution >= 0.6 is 0 Å². The molecular weight excluding hydrogens is 224 g/mol. The Morgan fingerprint density at radius 2 is 2.29 bits per heavy atom. The molecule has 1 heterocycles. The number of carbonyl (C=O) groups is 1. The molecule has 2 rings (SSSR count). The first-order valence-corrected chi connectivity index (χ1v) is 5.41. The number of aliphatic hydroxyl groups is 1. The third kappa shape index (κ3) is 2.11. The molecule has 5 nitrogen and oxygen atoms in total. The van der Waals surface area contributed by atoms with Crippen LogP contribution in [0.15, 0.2) is 12.1 Å². The van der Waals surface area contributed by atoms with Gasteiger partial charge in [0.05, 0.1) is 19.8 Å². The summed E-state index contributed by atoms with van der Waals surface area (Å²) >= 11 is 0. The van der Waals surface area contributed by atoms with E-state index in [0.717, 1.165) is 5.56 Å². The molecule has 1 unspecified atom stereocenters. The number of benzene rings is 1. The van der Waals surface area contributed by atoms with Crippen LogP contribution in [0.4, 0.5) is 0 Å². The van der Waals surface area contributed by atoms with Gasteiger partial charge in [0.15, 0.2) is 6.10 Å².